The molecule has 53 heavy (non-hydrogen) atoms. The second kappa shape index (κ2) is 24.9. The first-order valence-electron chi connectivity index (χ1n) is 19.3. The third kappa shape index (κ3) is 18.4. The average Bonchev–Trinajstić information content (AvgIpc) is 3.13. The van der Waals surface area contributed by atoms with Crippen LogP contribution in [0, 0.1) is 17.8 Å². The summed E-state index contributed by atoms with van der Waals surface area (Å²) in [5, 5.41) is 34.3. The summed E-state index contributed by atoms with van der Waals surface area (Å²) in [6.07, 6.45) is 5.71. The third-order valence-electron chi connectivity index (χ3n) is 9.59. The van der Waals surface area contributed by atoms with Gasteiger partial charge in [0, 0.05) is 25.4 Å². The molecule has 0 bridgehead atoms. The molecule has 1 aromatic carbocycles. The van der Waals surface area contributed by atoms with Gasteiger partial charge in [-0.05, 0) is 49.5 Å². The Bertz CT molecular complexity index is 1290. The number of alkyl carbamates (subject to hydrolysis) is 1. The molecule has 0 aromatic heterocycles. The number of unbranched alkanes of at least 4 members (excludes halogenated alkanes) is 1. The van der Waals surface area contributed by atoms with Crippen LogP contribution in [0.15, 0.2) is 30.3 Å². The summed E-state index contributed by atoms with van der Waals surface area (Å²) in [6, 6.07) is 6.37. The van der Waals surface area contributed by atoms with E-state index in [9.17, 15) is 33.9 Å². The van der Waals surface area contributed by atoms with Gasteiger partial charge in [0.1, 0.15) is 18.7 Å². The van der Waals surface area contributed by atoms with Gasteiger partial charge < -0.3 is 41.5 Å². The van der Waals surface area contributed by atoms with Gasteiger partial charge in [-0.25, -0.2) is 4.79 Å². The SMILES string of the molecule is CCCCNC(=O)[C@H](C)C[C@H](O)[C@H](CC1CCCCC1)NC(=O)[C@@H](NC(=O)[C@H](CCCNC(=O)OCc1ccccc1)NC(=O)CCC(=O)O)C(C)C. The maximum absolute atomic E-state index is 13.9. The molecule has 0 heterocycles. The van der Waals surface area contributed by atoms with Gasteiger partial charge in [-0.3, -0.25) is 24.0 Å². The van der Waals surface area contributed by atoms with Crippen LogP contribution < -0.4 is 26.6 Å². The van der Waals surface area contributed by atoms with Gasteiger partial charge in [-0.15, -0.1) is 0 Å². The van der Waals surface area contributed by atoms with Crippen LogP contribution in [0.1, 0.15) is 117 Å². The van der Waals surface area contributed by atoms with Crippen molar-refractivity contribution in [1.29, 1.82) is 0 Å². The quantitative estimate of drug-likeness (QED) is 0.0763. The zero-order chi connectivity index (χ0) is 39.2. The largest absolute Gasteiger partial charge is 0.481 e. The summed E-state index contributed by atoms with van der Waals surface area (Å²) in [5.41, 5.74) is 0.821. The monoisotopic (exact) mass is 745 g/mol. The van der Waals surface area contributed by atoms with E-state index in [1.807, 2.05) is 37.3 Å². The molecule has 14 heteroatoms. The Kier molecular flexibility index (Phi) is 21.2. The van der Waals surface area contributed by atoms with Gasteiger partial charge >= 0.3 is 12.1 Å². The predicted octanol–water partition coefficient (Wildman–Crippen LogP) is 3.94. The summed E-state index contributed by atoms with van der Waals surface area (Å²) in [6.45, 7) is 8.11. The number of aliphatic hydroxyl groups excluding tert-OH is 1. The summed E-state index contributed by atoms with van der Waals surface area (Å²) >= 11 is 0. The molecule has 5 amide bonds. The molecular formula is C39H63N5O9. The van der Waals surface area contributed by atoms with Crippen molar-refractivity contribution in [3.63, 3.8) is 0 Å². The predicted molar refractivity (Wildman–Crippen MR) is 200 cm³/mol. The van der Waals surface area contributed by atoms with Crippen molar-refractivity contribution >= 4 is 35.7 Å². The molecule has 298 valence electrons. The van der Waals surface area contributed by atoms with Crippen molar-refractivity contribution < 1.29 is 43.7 Å². The molecule has 1 aliphatic rings. The second-order valence-corrected chi connectivity index (χ2v) is 14.6. The highest BCUT2D eigenvalue weighted by atomic mass is 16.5. The molecule has 0 saturated heterocycles. The van der Waals surface area contributed by atoms with E-state index in [0.717, 1.165) is 50.5 Å². The number of carbonyl (C=O) groups excluding carboxylic acids is 5. The smallest absolute Gasteiger partial charge is 0.407 e. The zero-order valence-electron chi connectivity index (χ0n) is 32.0. The van der Waals surface area contributed by atoms with Gasteiger partial charge in [0.15, 0.2) is 0 Å². The van der Waals surface area contributed by atoms with Crippen LogP contribution in [0.25, 0.3) is 0 Å². The minimum atomic E-state index is -1.16. The maximum Gasteiger partial charge on any atom is 0.407 e. The number of aliphatic hydroxyl groups is 1. The molecule has 1 saturated carbocycles. The Morgan fingerprint density at radius 1 is 0.830 bits per heavy atom. The lowest BCUT2D eigenvalue weighted by Gasteiger charge is -2.33. The highest BCUT2D eigenvalue weighted by Gasteiger charge is 2.33. The van der Waals surface area contributed by atoms with Gasteiger partial charge in [-0.1, -0.05) is 96.6 Å². The highest BCUT2D eigenvalue weighted by Crippen LogP contribution is 2.29. The number of benzene rings is 1. The third-order valence-corrected chi connectivity index (χ3v) is 9.59. The standard InChI is InChI=1S/C39H63N5O9/c1-5-6-21-40-36(49)27(4)23-32(45)31(24-28-14-9-7-10-15-28)43-38(51)35(26(2)3)44-37(50)30(42-33(46)19-20-34(47)48)18-13-22-41-39(52)53-25-29-16-11-8-12-17-29/h8,11-12,16-17,26-28,30-32,35,45H,5-7,9-10,13-15,18-25H2,1-4H3,(H,40,49)(H,41,52)(H,42,46)(H,43,51)(H,44,50)(H,47,48)/t27-,30+,31+,32+,35+/m1/s1. The van der Waals surface area contributed by atoms with Gasteiger partial charge in [0.25, 0.3) is 0 Å². The highest BCUT2D eigenvalue weighted by molar-refractivity contribution is 5.92. The van der Waals surface area contributed by atoms with Crippen LogP contribution in [0.2, 0.25) is 0 Å². The minimum absolute atomic E-state index is 0.0806. The fraction of sp³-hybridized carbons (Fsp3) is 0.692. The molecule has 5 atom stereocenters. The molecule has 0 unspecified atom stereocenters. The fourth-order valence-electron chi connectivity index (χ4n) is 6.38. The van der Waals surface area contributed by atoms with E-state index in [4.69, 9.17) is 9.84 Å². The van der Waals surface area contributed by atoms with E-state index in [1.165, 1.54) is 0 Å². The molecule has 1 aliphatic carbocycles. The van der Waals surface area contributed by atoms with Crippen molar-refractivity contribution in [1.82, 2.24) is 26.6 Å². The molecule has 1 fully saturated rings. The lowest BCUT2D eigenvalue weighted by molar-refractivity contribution is -0.139. The number of nitrogens with one attached hydrogen (secondary N) is 5. The van der Waals surface area contributed by atoms with Crippen molar-refractivity contribution in [2.24, 2.45) is 17.8 Å². The van der Waals surface area contributed by atoms with Crippen molar-refractivity contribution in [3.8, 4) is 0 Å². The number of carboxylic acids is 1. The summed E-state index contributed by atoms with van der Waals surface area (Å²) in [4.78, 5) is 76.1. The summed E-state index contributed by atoms with van der Waals surface area (Å²) in [5.74, 6) is -3.63. The van der Waals surface area contributed by atoms with E-state index in [2.05, 4.69) is 26.6 Å². The fourth-order valence-corrected chi connectivity index (χ4v) is 6.38. The number of amides is 5. The molecule has 14 nitrogen and oxygen atoms in total. The average molecular weight is 746 g/mol. The van der Waals surface area contributed by atoms with E-state index >= 15 is 0 Å². The van der Waals surface area contributed by atoms with Crippen LogP contribution in [-0.2, 0) is 35.3 Å². The lowest BCUT2D eigenvalue weighted by atomic mass is 9.82. The normalized spacial score (nSPS) is 16.0. The zero-order valence-corrected chi connectivity index (χ0v) is 32.0. The Labute approximate surface area is 314 Å². The topological polar surface area (TPSA) is 212 Å². The van der Waals surface area contributed by atoms with Crippen LogP contribution in [-0.4, -0.2) is 83.2 Å². The Hall–Kier alpha value is -4.20. The molecule has 2 rings (SSSR count). The van der Waals surface area contributed by atoms with Crippen molar-refractivity contribution in [3.05, 3.63) is 35.9 Å². The molecule has 0 spiro atoms. The number of aliphatic carboxylic acids is 1. The first kappa shape index (κ1) is 45.0. The minimum Gasteiger partial charge on any atom is -0.481 e. The second-order valence-electron chi connectivity index (χ2n) is 14.6. The molecule has 0 aliphatic heterocycles. The van der Waals surface area contributed by atoms with E-state index in [0.29, 0.717) is 18.9 Å². The molecule has 0 radical (unpaired) electrons. The van der Waals surface area contributed by atoms with E-state index in [1.54, 1.807) is 20.8 Å². The van der Waals surface area contributed by atoms with Crippen LogP contribution >= 0.6 is 0 Å². The van der Waals surface area contributed by atoms with Crippen LogP contribution in [0.3, 0.4) is 0 Å². The van der Waals surface area contributed by atoms with E-state index < -0.39 is 66.4 Å². The molecule has 1 aromatic rings. The van der Waals surface area contributed by atoms with Gasteiger partial charge in [0.2, 0.25) is 23.6 Å². The van der Waals surface area contributed by atoms with Crippen molar-refractivity contribution in [2.75, 3.05) is 13.1 Å². The van der Waals surface area contributed by atoms with Crippen molar-refractivity contribution in [2.45, 2.75) is 142 Å². The number of rotatable bonds is 24. The Balaban J connectivity index is 2.10. The summed E-state index contributed by atoms with van der Waals surface area (Å²) < 4.78 is 5.22. The van der Waals surface area contributed by atoms with Gasteiger partial charge in [0.05, 0.1) is 18.6 Å². The molecule has 7 N–H and O–H groups in total. The first-order chi connectivity index (χ1) is 25.3. The summed E-state index contributed by atoms with van der Waals surface area (Å²) in [7, 11) is 0. The number of hydrogen-bond acceptors (Lipinski definition) is 8. The maximum atomic E-state index is 13.9. The number of carbonyl (C=O) groups is 6. The number of carboxylic acid groups (broad SMARTS) is 1. The van der Waals surface area contributed by atoms with Crippen LogP contribution in [0.5, 0.6) is 0 Å². The van der Waals surface area contributed by atoms with Crippen LogP contribution in [0.4, 0.5) is 4.79 Å². The molecular weight excluding hydrogens is 682 g/mol. The first-order valence-corrected chi connectivity index (χ1v) is 19.3. The van der Waals surface area contributed by atoms with Gasteiger partial charge in [-0.2, -0.15) is 0 Å². The Morgan fingerprint density at radius 2 is 1.51 bits per heavy atom. The lowest BCUT2D eigenvalue weighted by Crippen LogP contribution is -2.58. The van der Waals surface area contributed by atoms with E-state index in [-0.39, 0.29) is 50.7 Å². The number of hydrogen-bond donors (Lipinski definition) is 7. The number of ether oxygens (including phenoxy) is 1. The Morgan fingerprint density at radius 3 is 2.15 bits per heavy atom.